The van der Waals surface area contributed by atoms with Crippen LogP contribution in [0.15, 0.2) is 42.7 Å². The van der Waals surface area contributed by atoms with Crippen LogP contribution in [-0.4, -0.2) is 42.9 Å². The fraction of sp³-hybridized carbons (Fsp3) is 0.182. The van der Waals surface area contributed by atoms with Gasteiger partial charge in [0.25, 0.3) is 5.69 Å². The normalized spacial score (nSPS) is 10.8. The third-order valence-electron chi connectivity index (χ3n) is 4.91. The second-order valence-corrected chi connectivity index (χ2v) is 8.23. The van der Waals surface area contributed by atoms with Crippen molar-refractivity contribution in [2.24, 2.45) is 0 Å². The Morgan fingerprint density at radius 3 is 2.41 bits per heavy atom. The lowest BCUT2D eigenvalue weighted by atomic mass is 10.0. The van der Waals surface area contributed by atoms with Crippen molar-refractivity contribution >= 4 is 40.7 Å². The third kappa shape index (κ3) is 5.24. The first kappa shape index (κ1) is 23.4. The van der Waals surface area contributed by atoms with E-state index >= 15 is 0 Å². The number of aromatic amines is 1. The third-order valence-corrected chi connectivity index (χ3v) is 5.45. The molecule has 0 saturated heterocycles. The Bertz CT molecular complexity index is 1340. The molecular weight excluding hydrogens is 479 g/mol. The molecule has 0 bridgehead atoms. The van der Waals surface area contributed by atoms with Crippen molar-refractivity contribution in [1.82, 2.24) is 24.9 Å². The highest BCUT2D eigenvalue weighted by atomic mass is 35.5. The van der Waals surface area contributed by atoms with Gasteiger partial charge in [0.05, 0.1) is 21.3 Å². The average Bonchev–Trinajstić information content (AvgIpc) is 3.14. The molecule has 0 radical (unpaired) electrons. The molecule has 0 aliphatic heterocycles. The number of aromatic nitrogens is 5. The maximum atomic E-state index is 10.7. The minimum absolute atomic E-state index is 0.0621. The first-order valence-electron chi connectivity index (χ1n) is 10.3. The van der Waals surface area contributed by atoms with E-state index < -0.39 is 4.92 Å². The van der Waals surface area contributed by atoms with Crippen LogP contribution < -0.4 is 10.6 Å². The number of benzene rings is 1. The smallest absolute Gasteiger partial charge is 0.287 e. The number of anilines is 2. The molecule has 0 saturated carbocycles. The predicted molar refractivity (Wildman–Crippen MR) is 132 cm³/mol. The topological polar surface area (TPSA) is 135 Å². The van der Waals surface area contributed by atoms with E-state index in [9.17, 15) is 10.1 Å². The monoisotopic (exact) mass is 498 g/mol. The Hall–Kier alpha value is -3.76. The van der Waals surface area contributed by atoms with E-state index in [1.165, 1.54) is 12.3 Å². The predicted octanol–water partition coefficient (Wildman–Crippen LogP) is 5.28. The minimum Gasteiger partial charge on any atom is -0.368 e. The van der Waals surface area contributed by atoms with Gasteiger partial charge in [-0.1, -0.05) is 23.2 Å². The number of H-pyrrole nitrogens is 1. The van der Waals surface area contributed by atoms with Gasteiger partial charge >= 0.3 is 0 Å². The Kier molecular flexibility index (Phi) is 6.90. The molecular formula is C22H20Cl2N8O2. The highest BCUT2D eigenvalue weighted by Gasteiger charge is 2.18. The number of rotatable bonds is 8. The highest BCUT2D eigenvalue weighted by Crippen LogP contribution is 2.36. The minimum atomic E-state index is -0.490. The number of halogens is 2. The molecule has 3 heterocycles. The van der Waals surface area contributed by atoms with Crippen LogP contribution in [0.25, 0.3) is 22.5 Å². The van der Waals surface area contributed by atoms with Crippen molar-refractivity contribution in [2.45, 2.75) is 13.8 Å². The summed E-state index contributed by atoms with van der Waals surface area (Å²) in [7, 11) is 0. The molecule has 34 heavy (non-hydrogen) atoms. The zero-order valence-electron chi connectivity index (χ0n) is 18.3. The Morgan fingerprint density at radius 2 is 1.76 bits per heavy atom. The first-order valence-corrected chi connectivity index (χ1v) is 11.0. The lowest BCUT2D eigenvalue weighted by molar-refractivity contribution is -0.385. The molecule has 0 spiro atoms. The number of nitrogens with zero attached hydrogens (tertiary/aromatic N) is 5. The molecule has 4 rings (SSSR count). The van der Waals surface area contributed by atoms with Gasteiger partial charge in [-0.25, -0.2) is 19.9 Å². The van der Waals surface area contributed by atoms with Gasteiger partial charge in [-0.15, -0.1) is 0 Å². The summed E-state index contributed by atoms with van der Waals surface area (Å²) >= 11 is 12.6. The summed E-state index contributed by atoms with van der Waals surface area (Å²) in [6.07, 6.45) is 2.92. The van der Waals surface area contributed by atoms with Gasteiger partial charge in [0, 0.05) is 47.2 Å². The molecule has 3 aromatic heterocycles. The number of nitro groups is 1. The SMILES string of the molecule is Cc1nc(-c2cnc(NCCNc3ccc([N+](=O)[O-])cn3)nc2-c2ccc(Cl)cc2Cl)c(C)[nH]1. The van der Waals surface area contributed by atoms with Crippen molar-refractivity contribution in [1.29, 1.82) is 0 Å². The van der Waals surface area contributed by atoms with Crippen LogP contribution >= 0.6 is 23.2 Å². The summed E-state index contributed by atoms with van der Waals surface area (Å²) in [6, 6.07) is 8.19. The number of nitrogens with one attached hydrogen (secondary N) is 3. The Morgan fingerprint density at radius 1 is 0.971 bits per heavy atom. The van der Waals surface area contributed by atoms with E-state index in [1.54, 1.807) is 24.4 Å². The van der Waals surface area contributed by atoms with E-state index in [-0.39, 0.29) is 5.69 Å². The van der Waals surface area contributed by atoms with Crippen molar-refractivity contribution in [3.05, 3.63) is 74.4 Å². The highest BCUT2D eigenvalue weighted by molar-refractivity contribution is 6.36. The zero-order valence-corrected chi connectivity index (χ0v) is 19.8. The quantitative estimate of drug-likeness (QED) is 0.169. The average molecular weight is 499 g/mol. The first-order chi connectivity index (χ1) is 16.3. The van der Waals surface area contributed by atoms with Gasteiger partial charge in [-0.3, -0.25) is 10.1 Å². The molecule has 174 valence electrons. The molecule has 0 aliphatic carbocycles. The summed E-state index contributed by atoms with van der Waals surface area (Å²) in [5, 5.41) is 18.0. The molecule has 0 amide bonds. The van der Waals surface area contributed by atoms with Crippen LogP contribution in [0.1, 0.15) is 11.5 Å². The van der Waals surface area contributed by atoms with E-state index in [4.69, 9.17) is 28.2 Å². The van der Waals surface area contributed by atoms with Crippen molar-refractivity contribution in [2.75, 3.05) is 23.7 Å². The fourth-order valence-electron chi connectivity index (χ4n) is 3.36. The molecule has 0 fully saturated rings. The summed E-state index contributed by atoms with van der Waals surface area (Å²) in [5.74, 6) is 1.73. The molecule has 4 aromatic rings. The van der Waals surface area contributed by atoms with Crippen LogP contribution in [0, 0.1) is 24.0 Å². The second kappa shape index (κ2) is 10.0. The van der Waals surface area contributed by atoms with Gasteiger partial charge in [-0.05, 0) is 38.1 Å². The Balaban J connectivity index is 1.54. The van der Waals surface area contributed by atoms with Crippen LogP contribution in [0.5, 0.6) is 0 Å². The fourth-order valence-corrected chi connectivity index (χ4v) is 3.86. The van der Waals surface area contributed by atoms with Gasteiger partial charge in [0.1, 0.15) is 17.8 Å². The molecule has 12 heteroatoms. The van der Waals surface area contributed by atoms with Crippen LogP contribution in [0.4, 0.5) is 17.5 Å². The standard InChI is InChI=1S/C22H20Cl2N8O2/c1-12-20(30-13(2)29-12)17-11-28-22(31-21(17)16-5-3-14(23)9-18(16)24)26-8-7-25-19-6-4-15(10-27-19)32(33)34/h3-6,9-11H,7-8H2,1-2H3,(H,25,27)(H,29,30)(H,26,28,31). The van der Waals surface area contributed by atoms with Crippen LogP contribution in [0.3, 0.4) is 0 Å². The number of hydrogen-bond donors (Lipinski definition) is 3. The lowest BCUT2D eigenvalue weighted by Gasteiger charge is -2.13. The van der Waals surface area contributed by atoms with E-state index in [2.05, 4.69) is 30.6 Å². The van der Waals surface area contributed by atoms with Crippen molar-refractivity contribution in [3.63, 3.8) is 0 Å². The van der Waals surface area contributed by atoms with Crippen molar-refractivity contribution in [3.8, 4) is 22.5 Å². The van der Waals surface area contributed by atoms with E-state index in [1.807, 2.05) is 19.9 Å². The Labute approximate surface area is 205 Å². The molecule has 10 nitrogen and oxygen atoms in total. The number of hydrogen-bond acceptors (Lipinski definition) is 8. The summed E-state index contributed by atoms with van der Waals surface area (Å²) in [5.41, 5.74) is 3.65. The number of imidazole rings is 1. The molecule has 3 N–H and O–H groups in total. The number of aryl methyl sites for hydroxylation is 2. The molecule has 1 aromatic carbocycles. The lowest BCUT2D eigenvalue weighted by Crippen LogP contribution is -2.16. The largest absolute Gasteiger partial charge is 0.368 e. The van der Waals surface area contributed by atoms with Crippen molar-refractivity contribution < 1.29 is 4.92 Å². The van der Waals surface area contributed by atoms with Crippen LogP contribution in [-0.2, 0) is 0 Å². The van der Waals surface area contributed by atoms with Gasteiger partial charge in [0.15, 0.2) is 0 Å². The second-order valence-electron chi connectivity index (χ2n) is 7.39. The molecule has 0 aliphatic rings. The van der Waals surface area contributed by atoms with Crippen LogP contribution in [0.2, 0.25) is 10.0 Å². The maximum absolute atomic E-state index is 10.7. The molecule has 0 unspecified atom stereocenters. The van der Waals surface area contributed by atoms with Gasteiger partial charge in [-0.2, -0.15) is 0 Å². The van der Waals surface area contributed by atoms with E-state index in [0.717, 1.165) is 22.8 Å². The summed E-state index contributed by atoms with van der Waals surface area (Å²) < 4.78 is 0. The molecule has 0 atom stereocenters. The van der Waals surface area contributed by atoms with Gasteiger partial charge in [0.2, 0.25) is 5.95 Å². The summed E-state index contributed by atoms with van der Waals surface area (Å²) in [6.45, 7) is 4.79. The van der Waals surface area contributed by atoms with Gasteiger partial charge < -0.3 is 15.6 Å². The van der Waals surface area contributed by atoms with E-state index in [0.29, 0.717) is 46.2 Å². The maximum Gasteiger partial charge on any atom is 0.287 e. The summed E-state index contributed by atoms with van der Waals surface area (Å²) in [4.78, 5) is 31.2. The number of pyridine rings is 1. The zero-order chi connectivity index (χ0) is 24.2.